The maximum absolute atomic E-state index is 12.6. The van der Waals surface area contributed by atoms with Crippen LogP contribution >= 0.6 is 0 Å². The van der Waals surface area contributed by atoms with Crippen molar-refractivity contribution in [2.45, 2.75) is 27.2 Å². The minimum absolute atomic E-state index is 0.0409. The number of halogens is 2. The van der Waals surface area contributed by atoms with Crippen LogP contribution in [0.15, 0.2) is 30.3 Å². The fourth-order valence-electron chi connectivity index (χ4n) is 1.92. The minimum atomic E-state index is -2.45. The van der Waals surface area contributed by atoms with Crippen molar-refractivity contribution in [1.29, 1.82) is 0 Å². The summed E-state index contributed by atoms with van der Waals surface area (Å²) < 4.78 is 25.2. The molecule has 2 heteroatoms. The first kappa shape index (κ1) is 14.2. The standard InChI is InChI=1S/C14H10F2.C2H6/c1-3-10-5-4-6-11-8-12(14(15)16)7-9(2)13(10)11;1-2/h1,4-8,14H,2H3;1-2H3. The van der Waals surface area contributed by atoms with Crippen LogP contribution in [-0.4, -0.2) is 0 Å². The predicted molar refractivity (Wildman–Crippen MR) is 72.9 cm³/mol. The molecule has 0 aliphatic rings. The first-order chi connectivity index (χ1) is 8.63. The summed E-state index contributed by atoms with van der Waals surface area (Å²) >= 11 is 0. The van der Waals surface area contributed by atoms with E-state index in [0.29, 0.717) is 0 Å². The second kappa shape index (κ2) is 6.16. The third kappa shape index (κ3) is 2.68. The number of aryl methyl sites for hydroxylation is 1. The van der Waals surface area contributed by atoms with Crippen molar-refractivity contribution < 1.29 is 8.78 Å². The highest BCUT2D eigenvalue weighted by atomic mass is 19.3. The van der Waals surface area contributed by atoms with Gasteiger partial charge in [-0.05, 0) is 36.1 Å². The van der Waals surface area contributed by atoms with Gasteiger partial charge in [-0.3, -0.25) is 0 Å². The number of hydrogen-bond acceptors (Lipinski definition) is 0. The van der Waals surface area contributed by atoms with Crippen LogP contribution in [0, 0.1) is 19.3 Å². The second-order valence-corrected chi connectivity index (χ2v) is 3.69. The van der Waals surface area contributed by atoms with Crippen LogP contribution in [0.5, 0.6) is 0 Å². The molecule has 0 aliphatic carbocycles. The zero-order chi connectivity index (χ0) is 13.7. The molecule has 0 N–H and O–H groups in total. The van der Waals surface area contributed by atoms with E-state index in [1.54, 1.807) is 19.1 Å². The van der Waals surface area contributed by atoms with Gasteiger partial charge in [-0.2, -0.15) is 0 Å². The predicted octanol–water partition coefficient (Wildman–Crippen LogP) is 5.09. The highest BCUT2D eigenvalue weighted by Gasteiger charge is 2.10. The molecule has 2 rings (SSSR count). The van der Waals surface area contributed by atoms with E-state index < -0.39 is 6.43 Å². The normalized spacial score (nSPS) is 9.83. The number of rotatable bonds is 1. The van der Waals surface area contributed by atoms with Gasteiger partial charge in [0.15, 0.2) is 0 Å². The van der Waals surface area contributed by atoms with Gasteiger partial charge in [-0.1, -0.05) is 31.9 Å². The van der Waals surface area contributed by atoms with Crippen LogP contribution < -0.4 is 0 Å². The summed E-state index contributed by atoms with van der Waals surface area (Å²) in [5.41, 5.74) is 1.58. The Morgan fingerprint density at radius 2 is 1.83 bits per heavy atom. The Morgan fingerprint density at radius 1 is 1.17 bits per heavy atom. The third-order valence-electron chi connectivity index (χ3n) is 2.60. The molecule has 0 fully saturated rings. The van der Waals surface area contributed by atoms with E-state index in [0.717, 1.165) is 21.9 Å². The molecule has 0 amide bonds. The van der Waals surface area contributed by atoms with Crippen LogP contribution in [0.1, 0.15) is 37.0 Å². The fraction of sp³-hybridized carbons (Fsp3) is 0.250. The molecule has 0 heterocycles. The molecular weight excluding hydrogens is 230 g/mol. The largest absolute Gasteiger partial charge is 0.263 e. The number of terminal acetylenes is 1. The van der Waals surface area contributed by atoms with Gasteiger partial charge in [-0.15, -0.1) is 6.42 Å². The van der Waals surface area contributed by atoms with Crippen molar-refractivity contribution >= 4 is 10.8 Å². The van der Waals surface area contributed by atoms with Crippen molar-refractivity contribution in [2.75, 3.05) is 0 Å². The molecule has 0 unspecified atom stereocenters. The van der Waals surface area contributed by atoms with E-state index in [2.05, 4.69) is 5.92 Å². The number of alkyl halides is 2. The van der Waals surface area contributed by atoms with E-state index in [1.807, 2.05) is 19.9 Å². The smallest absolute Gasteiger partial charge is 0.205 e. The Balaban J connectivity index is 0.000000771. The summed E-state index contributed by atoms with van der Waals surface area (Å²) in [5.74, 6) is 2.57. The number of fused-ring (bicyclic) bond motifs is 1. The zero-order valence-electron chi connectivity index (χ0n) is 10.8. The van der Waals surface area contributed by atoms with E-state index in [1.165, 1.54) is 12.1 Å². The lowest BCUT2D eigenvalue weighted by molar-refractivity contribution is 0.151. The maximum atomic E-state index is 12.6. The topological polar surface area (TPSA) is 0 Å². The Hall–Kier alpha value is -1.88. The second-order valence-electron chi connectivity index (χ2n) is 3.69. The Bertz CT molecular complexity index is 577. The Kier molecular flexibility index (Phi) is 4.85. The SMILES string of the molecule is C#Cc1cccc2cc(C(F)F)cc(C)c12.CC. The van der Waals surface area contributed by atoms with Gasteiger partial charge in [0.05, 0.1) is 0 Å². The summed E-state index contributed by atoms with van der Waals surface area (Å²) in [6.45, 7) is 5.80. The van der Waals surface area contributed by atoms with Crippen molar-refractivity contribution in [3.8, 4) is 12.3 Å². The van der Waals surface area contributed by atoms with Gasteiger partial charge in [-0.25, -0.2) is 8.78 Å². The summed E-state index contributed by atoms with van der Waals surface area (Å²) in [7, 11) is 0. The lowest BCUT2D eigenvalue weighted by Crippen LogP contribution is -1.90. The van der Waals surface area contributed by atoms with Crippen LogP contribution in [0.2, 0.25) is 0 Å². The molecule has 0 bridgehead atoms. The average Bonchev–Trinajstić information content (AvgIpc) is 2.40. The van der Waals surface area contributed by atoms with Crippen LogP contribution in [0.25, 0.3) is 10.8 Å². The molecule has 0 aliphatic heterocycles. The van der Waals surface area contributed by atoms with Crippen molar-refractivity contribution in [3.63, 3.8) is 0 Å². The quantitative estimate of drug-likeness (QED) is 0.614. The van der Waals surface area contributed by atoms with Crippen molar-refractivity contribution in [1.82, 2.24) is 0 Å². The fourth-order valence-corrected chi connectivity index (χ4v) is 1.92. The van der Waals surface area contributed by atoms with E-state index in [4.69, 9.17) is 6.42 Å². The minimum Gasteiger partial charge on any atom is -0.205 e. The summed E-state index contributed by atoms with van der Waals surface area (Å²) in [4.78, 5) is 0. The molecule has 94 valence electrons. The van der Waals surface area contributed by atoms with Gasteiger partial charge < -0.3 is 0 Å². The lowest BCUT2D eigenvalue weighted by atomic mass is 9.98. The molecule has 0 spiro atoms. The average molecular weight is 246 g/mol. The maximum Gasteiger partial charge on any atom is 0.263 e. The van der Waals surface area contributed by atoms with Gasteiger partial charge >= 0.3 is 0 Å². The third-order valence-corrected chi connectivity index (χ3v) is 2.60. The molecular formula is C16H16F2. The molecule has 2 aromatic carbocycles. The highest BCUT2D eigenvalue weighted by Crippen LogP contribution is 2.28. The van der Waals surface area contributed by atoms with Crippen molar-refractivity contribution in [2.24, 2.45) is 0 Å². The zero-order valence-corrected chi connectivity index (χ0v) is 10.8. The summed E-state index contributed by atoms with van der Waals surface area (Å²) in [6.07, 6.45) is 2.94. The van der Waals surface area contributed by atoms with Crippen molar-refractivity contribution in [3.05, 3.63) is 47.0 Å². The van der Waals surface area contributed by atoms with Gasteiger partial charge in [0.25, 0.3) is 6.43 Å². The monoisotopic (exact) mass is 246 g/mol. The van der Waals surface area contributed by atoms with Crippen LogP contribution in [0.4, 0.5) is 8.78 Å². The van der Waals surface area contributed by atoms with E-state index >= 15 is 0 Å². The van der Waals surface area contributed by atoms with Crippen LogP contribution in [0.3, 0.4) is 0 Å². The first-order valence-electron chi connectivity index (χ1n) is 5.91. The molecule has 0 radical (unpaired) electrons. The number of hydrogen-bond donors (Lipinski definition) is 0. The molecule has 0 nitrogen and oxygen atoms in total. The van der Waals surface area contributed by atoms with Gasteiger partial charge in [0.2, 0.25) is 0 Å². The number of benzene rings is 2. The Morgan fingerprint density at radius 3 is 2.39 bits per heavy atom. The molecule has 2 aromatic rings. The Labute approximate surface area is 107 Å². The van der Waals surface area contributed by atoms with E-state index in [-0.39, 0.29) is 5.56 Å². The molecule has 0 atom stereocenters. The summed E-state index contributed by atoms with van der Waals surface area (Å²) in [6, 6.07) is 8.39. The molecule has 0 saturated heterocycles. The summed E-state index contributed by atoms with van der Waals surface area (Å²) in [5, 5.41) is 1.65. The van der Waals surface area contributed by atoms with Crippen LogP contribution in [-0.2, 0) is 0 Å². The van der Waals surface area contributed by atoms with Gasteiger partial charge in [0.1, 0.15) is 0 Å². The molecule has 0 aromatic heterocycles. The lowest BCUT2D eigenvalue weighted by Gasteiger charge is -2.08. The van der Waals surface area contributed by atoms with E-state index in [9.17, 15) is 8.78 Å². The molecule has 0 saturated carbocycles. The first-order valence-corrected chi connectivity index (χ1v) is 5.91. The highest BCUT2D eigenvalue weighted by molar-refractivity contribution is 5.91. The van der Waals surface area contributed by atoms with Gasteiger partial charge in [0, 0.05) is 16.5 Å². The molecule has 18 heavy (non-hydrogen) atoms.